The zero-order chi connectivity index (χ0) is 17.6. The van der Waals surface area contributed by atoms with E-state index in [4.69, 9.17) is 16.3 Å². The van der Waals surface area contributed by atoms with Gasteiger partial charge in [-0.1, -0.05) is 23.7 Å². The summed E-state index contributed by atoms with van der Waals surface area (Å²) in [5.74, 6) is -0.0329. The van der Waals surface area contributed by atoms with Crippen LogP contribution in [0.4, 0.5) is 5.69 Å². The predicted molar refractivity (Wildman–Crippen MR) is 103 cm³/mol. The van der Waals surface area contributed by atoms with Gasteiger partial charge in [-0.3, -0.25) is 9.69 Å². The molecule has 134 valence electrons. The SMILES string of the molecule is Cc1ccc(NC(=O)CN(Cc2cccs2)C[C@H]2CCCO2)cc1Cl. The number of anilines is 1. The number of hydrogen-bond acceptors (Lipinski definition) is 4. The zero-order valence-electron chi connectivity index (χ0n) is 14.3. The second-order valence-electron chi connectivity index (χ2n) is 6.40. The van der Waals surface area contributed by atoms with Crippen molar-refractivity contribution < 1.29 is 9.53 Å². The molecule has 3 rings (SSSR count). The smallest absolute Gasteiger partial charge is 0.238 e. The molecule has 0 radical (unpaired) electrons. The molecule has 1 aliphatic heterocycles. The Hall–Kier alpha value is -1.40. The Morgan fingerprint density at radius 3 is 3.00 bits per heavy atom. The molecule has 1 saturated heterocycles. The molecule has 1 amide bonds. The van der Waals surface area contributed by atoms with Gasteiger partial charge in [0.25, 0.3) is 0 Å². The maximum atomic E-state index is 12.5. The van der Waals surface area contributed by atoms with E-state index in [0.29, 0.717) is 11.6 Å². The fourth-order valence-corrected chi connectivity index (χ4v) is 3.89. The van der Waals surface area contributed by atoms with Gasteiger partial charge >= 0.3 is 0 Å². The molecule has 0 spiro atoms. The van der Waals surface area contributed by atoms with Crippen molar-refractivity contribution in [2.75, 3.05) is 25.0 Å². The molecule has 25 heavy (non-hydrogen) atoms. The van der Waals surface area contributed by atoms with Crippen LogP contribution in [0.1, 0.15) is 23.3 Å². The van der Waals surface area contributed by atoms with Gasteiger partial charge in [-0.15, -0.1) is 11.3 Å². The molecule has 1 aromatic heterocycles. The molecular formula is C19H23ClN2O2S. The number of nitrogens with one attached hydrogen (secondary N) is 1. The summed E-state index contributed by atoms with van der Waals surface area (Å²) in [6, 6.07) is 9.72. The molecule has 0 aliphatic carbocycles. The van der Waals surface area contributed by atoms with Gasteiger partial charge in [0.15, 0.2) is 0 Å². The van der Waals surface area contributed by atoms with E-state index < -0.39 is 0 Å². The molecule has 1 atom stereocenters. The molecule has 1 aliphatic rings. The molecule has 2 aromatic rings. The van der Waals surface area contributed by atoms with Crippen molar-refractivity contribution in [2.45, 2.75) is 32.4 Å². The fourth-order valence-electron chi connectivity index (χ4n) is 2.96. The van der Waals surface area contributed by atoms with E-state index in [1.54, 1.807) is 17.4 Å². The molecule has 0 saturated carbocycles. The van der Waals surface area contributed by atoms with Gasteiger partial charge in [-0.05, 0) is 48.9 Å². The van der Waals surface area contributed by atoms with Gasteiger partial charge in [0, 0.05) is 35.3 Å². The van der Waals surface area contributed by atoms with Crippen LogP contribution in [0.2, 0.25) is 5.02 Å². The number of hydrogen-bond donors (Lipinski definition) is 1. The number of amides is 1. The Balaban J connectivity index is 1.61. The minimum atomic E-state index is -0.0329. The van der Waals surface area contributed by atoms with Gasteiger partial charge < -0.3 is 10.1 Å². The first kappa shape index (κ1) is 18.4. The van der Waals surface area contributed by atoms with Gasteiger partial charge in [-0.2, -0.15) is 0 Å². The van der Waals surface area contributed by atoms with E-state index >= 15 is 0 Å². The molecule has 6 heteroatoms. The minimum absolute atomic E-state index is 0.0329. The summed E-state index contributed by atoms with van der Waals surface area (Å²) in [7, 11) is 0. The van der Waals surface area contributed by atoms with Crippen molar-refractivity contribution in [1.29, 1.82) is 0 Å². The summed E-state index contributed by atoms with van der Waals surface area (Å²) in [6.07, 6.45) is 2.39. The molecular weight excluding hydrogens is 356 g/mol. The number of benzene rings is 1. The van der Waals surface area contributed by atoms with Crippen LogP contribution in [0.5, 0.6) is 0 Å². The van der Waals surface area contributed by atoms with E-state index in [0.717, 1.165) is 43.8 Å². The van der Waals surface area contributed by atoms with E-state index in [-0.39, 0.29) is 12.0 Å². The average Bonchev–Trinajstić information content (AvgIpc) is 3.25. The molecule has 0 unspecified atom stereocenters. The Bertz CT molecular complexity index is 699. The Kier molecular flexibility index (Phi) is 6.48. The first-order chi connectivity index (χ1) is 12.1. The maximum Gasteiger partial charge on any atom is 0.238 e. The normalized spacial score (nSPS) is 17.2. The van der Waals surface area contributed by atoms with E-state index in [9.17, 15) is 4.79 Å². The lowest BCUT2D eigenvalue weighted by Crippen LogP contribution is -2.37. The van der Waals surface area contributed by atoms with E-state index in [1.165, 1.54) is 4.88 Å². The largest absolute Gasteiger partial charge is 0.377 e. The third-order valence-electron chi connectivity index (χ3n) is 4.27. The van der Waals surface area contributed by atoms with Crippen molar-refractivity contribution in [3.05, 3.63) is 51.2 Å². The number of aryl methyl sites for hydroxylation is 1. The molecule has 1 fully saturated rings. The van der Waals surface area contributed by atoms with E-state index in [2.05, 4.69) is 21.7 Å². The standard InChI is InChI=1S/C19H23ClN2O2S/c1-14-6-7-15(10-18(14)20)21-19(23)13-22(11-16-4-2-8-24-16)12-17-5-3-9-25-17/h3,5-7,9-10,16H,2,4,8,11-13H2,1H3,(H,21,23)/t16-/m1/s1. The number of thiophene rings is 1. The summed E-state index contributed by atoms with van der Waals surface area (Å²) in [5.41, 5.74) is 1.73. The van der Waals surface area contributed by atoms with Gasteiger partial charge in [0.05, 0.1) is 12.6 Å². The van der Waals surface area contributed by atoms with Crippen molar-refractivity contribution in [3.8, 4) is 0 Å². The second-order valence-corrected chi connectivity index (χ2v) is 7.84. The van der Waals surface area contributed by atoms with Crippen LogP contribution in [0.25, 0.3) is 0 Å². The Morgan fingerprint density at radius 1 is 1.44 bits per heavy atom. The monoisotopic (exact) mass is 378 g/mol. The lowest BCUT2D eigenvalue weighted by molar-refractivity contribution is -0.117. The van der Waals surface area contributed by atoms with E-state index in [1.807, 2.05) is 25.1 Å². The summed E-state index contributed by atoms with van der Waals surface area (Å²) < 4.78 is 5.74. The summed E-state index contributed by atoms with van der Waals surface area (Å²) in [6.45, 7) is 4.65. The topological polar surface area (TPSA) is 41.6 Å². The number of carbonyl (C=O) groups excluding carboxylic acids is 1. The first-order valence-corrected chi connectivity index (χ1v) is 9.78. The summed E-state index contributed by atoms with van der Waals surface area (Å²) in [5, 5.41) is 5.67. The van der Waals surface area contributed by atoms with Crippen molar-refractivity contribution >= 4 is 34.5 Å². The number of rotatable bonds is 7. The number of nitrogens with zero attached hydrogens (tertiary/aromatic N) is 1. The summed E-state index contributed by atoms with van der Waals surface area (Å²) >= 11 is 7.85. The highest BCUT2D eigenvalue weighted by Crippen LogP contribution is 2.20. The van der Waals surface area contributed by atoms with Crippen LogP contribution in [-0.4, -0.2) is 36.6 Å². The van der Waals surface area contributed by atoms with Crippen molar-refractivity contribution in [1.82, 2.24) is 4.90 Å². The Morgan fingerprint density at radius 2 is 2.32 bits per heavy atom. The lowest BCUT2D eigenvalue weighted by Gasteiger charge is -2.24. The number of carbonyl (C=O) groups is 1. The van der Waals surface area contributed by atoms with Crippen LogP contribution >= 0.6 is 22.9 Å². The van der Waals surface area contributed by atoms with Crippen molar-refractivity contribution in [3.63, 3.8) is 0 Å². The number of halogens is 1. The van der Waals surface area contributed by atoms with Gasteiger partial charge in [0.2, 0.25) is 5.91 Å². The highest BCUT2D eigenvalue weighted by molar-refractivity contribution is 7.09. The molecule has 1 aromatic carbocycles. The van der Waals surface area contributed by atoms with Crippen LogP contribution in [0.3, 0.4) is 0 Å². The third-order valence-corrected chi connectivity index (χ3v) is 5.54. The first-order valence-electron chi connectivity index (χ1n) is 8.52. The second kappa shape index (κ2) is 8.81. The van der Waals surface area contributed by atoms with Crippen LogP contribution in [0, 0.1) is 6.92 Å². The number of ether oxygens (including phenoxy) is 1. The fraction of sp³-hybridized carbons (Fsp3) is 0.421. The molecule has 0 bridgehead atoms. The maximum absolute atomic E-state index is 12.5. The molecule has 2 heterocycles. The molecule has 4 nitrogen and oxygen atoms in total. The van der Waals surface area contributed by atoms with Crippen LogP contribution in [0.15, 0.2) is 35.7 Å². The molecule has 1 N–H and O–H groups in total. The average molecular weight is 379 g/mol. The predicted octanol–water partition coefficient (Wildman–Crippen LogP) is 4.33. The highest BCUT2D eigenvalue weighted by atomic mass is 35.5. The minimum Gasteiger partial charge on any atom is -0.377 e. The van der Waals surface area contributed by atoms with Crippen molar-refractivity contribution in [2.24, 2.45) is 0 Å². The summed E-state index contributed by atoms with van der Waals surface area (Å²) in [4.78, 5) is 15.9. The van der Waals surface area contributed by atoms with Gasteiger partial charge in [0.1, 0.15) is 0 Å². The highest BCUT2D eigenvalue weighted by Gasteiger charge is 2.21. The quantitative estimate of drug-likeness (QED) is 0.779. The zero-order valence-corrected chi connectivity index (χ0v) is 15.9. The lowest BCUT2D eigenvalue weighted by atomic mass is 10.2. The van der Waals surface area contributed by atoms with Gasteiger partial charge in [-0.25, -0.2) is 0 Å². The van der Waals surface area contributed by atoms with Crippen LogP contribution < -0.4 is 5.32 Å². The Labute approximate surface area is 157 Å². The third kappa shape index (κ3) is 5.54. The van der Waals surface area contributed by atoms with Crippen LogP contribution in [-0.2, 0) is 16.1 Å².